The molecule has 0 radical (unpaired) electrons. The largest absolute Gasteiger partial charge is 0.355 e. The van der Waals surface area contributed by atoms with Crippen LogP contribution in [0.25, 0.3) is 0 Å². The van der Waals surface area contributed by atoms with Crippen LogP contribution in [-0.2, 0) is 11.3 Å². The number of pyridine rings is 1. The Labute approximate surface area is 148 Å². The first-order chi connectivity index (χ1) is 12.0. The van der Waals surface area contributed by atoms with E-state index < -0.39 is 0 Å². The third-order valence-electron chi connectivity index (χ3n) is 4.80. The Morgan fingerprint density at radius 2 is 2.24 bits per heavy atom. The lowest BCUT2D eigenvalue weighted by atomic mass is 9.86. The Hall–Kier alpha value is -2.15. The smallest absolute Gasteiger partial charge is 0.317 e. The van der Waals surface area contributed by atoms with Gasteiger partial charge in [0, 0.05) is 69.5 Å². The van der Waals surface area contributed by atoms with Crippen LogP contribution in [0.3, 0.4) is 0 Å². The van der Waals surface area contributed by atoms with E-state index in [1.165, 1.54) is 0 Å². The fraction of sp³-hybridized carbons (Fsp3) is 0.611. The quantitative estimate of drug-likeness (QED) is 0.850. The first-order valence-electron chi connectivity index (χ1n) is 8.89. The van der Waals surface area contributed by atoms with Crippen molar-refractivity contribution in [2.24, 2.45) is 5.41 Å². The zero-order chi connectivity index (χ0) is 17.9. The molecule has 0 bridgehead atoms. The number of carbonyl (C=O) groups is 2. The molecule has 2 saturated heterocycles. The van der Waals surface area contributed by atoms with Crippen molar-refractivity contribution in [3.63, 3.8) is 0 Å². The van der Waals surface area contributed by atoms with Gasteiger partial charge in [-0.1, -0.05) is 6.07 Å². The van der Waals surface area contributed by atoms with Crippen molar-refractivity contribution in [2.45, 2.75) is 32.9 Å². The van der Waals surface area contributed by atoms with Gasteiger partial charge in [-0.2, -0.15) is 0 Å². The molecule has 1 aromatic heterocycles. The number of carbonyl (C=O) groups excluding carboxylic acids is 2. The molecule has 1 unspecified atom stereocenters. The van der Waals surface area contributed by atoms with Crippen molar-refractivity contribution in [3.8, 4) is 0 Å². The van der Waals surface area contributed by atoms with E-state index in [2.05, 4.69) is 26.6 Å². The molecule has 7 nitrogen and oxygen atoms in total. The predicted molar refractivity (Wildman–Crippen MR) is 94.8 cm³/mol. The normalized spacial score (nSPS) is 24.4. The van der Waals surface area contributed by atoms with Crippen LogP contribution >= 0.6 is 0 Å². The Bertz CT molecular complexity index is 621. The van der Waals surface area contributed by atoms with Gasteiger partial charge in [-0.25, -0.2) is 4.79 Å². The number of urea groups is 1. The minimum absolute atomic E-state index is 0.0445. The average molecular weight is 345 g/mol. The molecule has 1 aromatic rings. The van der Waals surface area contributed by atoms with Gasteiger partial charge in [-0.15, -0.1) is 0 Å². The van der Waals surface area contributed by atoms with E-state index in [1.807, 2.05) is 31.0 Å². The van der Waals surface area contributed by atoms with Gasteiger partial charge in [-0.05, 0) is 25.5 Å². The molecule has 3 rings (SSSR count). The number of hydrogen-bond donors (Lipinski definition) is 2. The maximum atomic E-state index is 12.5. The molecule has 3 amide bonds. The van der Waals surface area contributed by atoms with E-state index in [4.69, 9.17) is 0 Å². The lowest BCUT2D eigenvalue weighted by Gasteiger charge is -2.33. The highest BCUT2D eigenvalue weighted by Gasteiger charge is 2.43. The lowest BCUT2D eigenvalue weighted by molar-refractivity contribution is -0.119. The molecule has 3 heterocycles. The zero-order valence-corrected chi connectivity index (χ0v) is 15.0. The number of rotatable bonds is 3. The Morgan fingerprint density at radius 1 is 1.40 bits per heavy atom. The van der Waals surface area contributed by atoms with Crippen LogP contribution in [-0.4, -0.2) is 65.5 Å². The van der Waals surface area contributed by atoms with E-state index in [0.717, 1.165) is 25.2 Å². The highest BCUT2D eigenvalue weighted by molar-refractivity contribution is 5.80. The molecule has 2 aliphatic rings. The van der Waals surface area contributed by atoms with E-state index in [9.17, 15) is 9.59 Å². The van der Waals surface area contributed by atoms with Gasteiger partial charge in [-0.3, -0.25) is 14.7 Å². The first kappa shape index (κ1) is 17.7. The van der Waals surface area contributed by atoms with Crippen molar-refractivity contribution >= 4 is 11.9 Å². The summed E-state index contributed by atoms with van der Waals surface area (Å²) in [5.41, 5.74) is 0.930. The van der Waals surface area contributed by atoms with Crippen molar-refractivity contribution in [3.05, 3.63) is 30.1 Å². The molecule has 0 aromatic carbocycles. The minimum Gasteiger partial charge on any atom is -0.355 e. The molecule has 2 fully saturated rings. The lowest BCUT2D eigenvalue weighted by Crippen LogP contribution is -2.48. The van der Waals surface area contributed by atoms with Gasteiger partial charge in [0.1, 0.15) is 0 Å². The van der Waals surface area contributed by atoms with Crippen molar-refractivity contribution < 1.29 is 9.59 Å². The van der Waals surface area contributed by atoms with Gasteiger partial charge in [0.25, 0.3) is 0 Å². The van der Waals surface area contributed by atoms with Crippen LogP contribution < -0.4 is 10.6 Å². The van der Waals surface area contributed by atoms with Gasteiger partial charge >= 0.3 is 6.03 Å². The van der Waals surface area contributed by atoms with E-state index in [1.54, 1.807) is 6.20 Å². The van der Waals surface area contributed by atoms with Crippen LogP contribution in [0.15, 0.2) is 24.5 Å². The Balaban J connectivity index is 1.75. The maximum Gasteiger partial charge on any atom is 0.317 e. The third-order valence-corrected chi connectivity index (χ3v) is 4.80. The van der Waals surface area contributed by atoms with Crippen LogP contribution in [0.1, 0.15) is 25.8 Å². The number of hydrogen-bond acceptors (Lipinski definition) is 4. The molecule has 2 N–H and O–H groups in total. The topological polar surface area (TPSA) is 77.6 Å². The molecular weight excluding hydrogens is 318 g/mol. The predicted octanol–water partition coefficient (Wildman–Crippen LogP) is 0.824. The summed E-state index contributed by atoms with van der Waals surface area (Å²) in [5, 5.41) is 5.93. The van der Waals surface area contributed by atoms with Gasteiger partial charge in [0.15, 0.2) is 0 Å². The fourth-order valence-electron chi connectivity index (χ4n) is 3.72. The van der Waals surface area contributed by atoms with Crippen LogP contribution in [0.5, 0.6) is 0 Å². The van der Waals surface area contributed by atoms with Gasteiger partial charge in [0.2, 0.25) is 5.91 Å². The molecular formula is C18H27N5O2. The second-order valence-electron chi connectivity index (χ2n) is 7.55. The summed E-state index contributed by atoms with van der Waals surface area (Å²) in [6.07, 6.45) is 4.12. The molecule has 1 spiro atoms. The molecule has 0 saturated carbocycles. The van der Waals surface area contributed by atoms with E-state index in [0.29, 0.717) is 26.1 Å². The molecule has 25 heavy (non-hydrogen) atoms. The summed E-state index contributed by atoms with van der Waals surface area (Å²) >= 11 is 0. The highest BCUT2D eigenvalue weighted by Crippen LogP contribution is 2.31. The standard InChI is InChI=1S/C18H27N5O2/c1-14(2)21-17(25)23-7-6-22(10-15-4-3-5-19-9-15)12-18(13-23)8-16(24)20-11-18/h3-5,9,14H,6-8,10-13H2,1-2H3,(H,20,24)(H,21,25). The summed E-state index contributed by atoms with van der Waals surface area (Å²) in [6.45, 7) is 8.18. The Morgan fingerprint density at radius 3 is 2.88 bits per heavy atom. The third kappa shape index (κ3) is 4.48. The number of nitrogens with zero attached hydrogens (tertiary/aromatic N) is 3. The summed E-state index contributed by atoms with van der Waals surface area (Å²) in [7, 11) is 0. The molecule has 7 heteroatoms. The highest BCUT2D eigenvalue weighted by atomic mass is 16.2. The molecule has 0 aliphatic carbocycles. The monoisotopic (exact) mass is 345 g/mol. The second kappa shape index (κ2) is 7.39. The van der Waals surface area contributed by atoms with Crippen molar-refractivity contribution in [1.29, 1.82) is 0 Å². The minimum atomic E-state index is -0.218. The second-order valence-corrected chi connectivity index (χ2v) is 7.55. The van der Waals surface area contributed by atoms with E-state index >= 15 is 0 Å². The first-order valence-corrected chi connectivity index (χ1v) is 8.89. The maximum absolute atomic E-state index is 12.5. The number of amides is 3. The number of nitrogens with one attached hydrogen (secondary N) is 2. The Kier molecular flexibility index (Phi) is 5.22. The van der Waals surface area contributed by atoms with Crippen molar-refractivity contribution in [1.82, 2.24) is 25.4 Å². The molecule has 136 valence electrons. The fourth-order valence-corrected chi connectivity index (χ4v) is 3.72. The summed E-state index contributed by atoms with van der Waals surface area (Å²) in [6, 6.07) is 4.05. The average Bonchev–Trinajstić information content (AvgIpc) is 2.81. The number of aromatic nitrogens is 1. The van der Waals surface area contributed by atoms with Crippen LogP contribution in [0.4, 0.5) is 4.79 Å². The van der Waals surface area contributed by atoms with Gasteiger partial charge < -0.3 is 15.5 Å². The SMILES string of the molecule is CC(C)NC(=O)N1CCN(Cc2cccnc2)CC2(CNC(=O)C2)C1. The van der Waals surface area contributed by atoms with Crippen molar-refractivity contribution in [2.75, 3.05) is 32.7 Å². The summed E-state index contributed by atoms with van der Waals surface area (Å²) in [4.78, 5) is 32.8. The van der Waals surface area contributed by atoms with Crippen LogP contribution in [0, 0.1) is 5.41 Å². The molecule has 2 aliphatic heterocycles. The summed E-state index contributed by atoms with van der Waals surface area (Å²) < 4.78 is 0. The zero-order valence-electron chi connectivity index (χ0n) is 15.0. The van der Waals surface area contributed by atoms with Crippen LogP contribution in [0.2, 0.25) is 0 Å². The van der Waals surface area contributed by atoms with Gasteiger partial charge in [0.05, 0.1) is 0 Å². The summed E-state index contributed by atoms with van der Waals surface area (Å²) in [5.74, 6) is 0.0763. The molecule has 1 atom stereocenters. The van der Waals surface area contributed by atoms with E-state index in [-0.39, 0.29) is 23.4 Å².